The van der Waals surface area contributed by atoms with Gasteiger partial charge in [0.2, 0.25) is 0 Å². The third kappa shape index (κ3) is 4.63. The number of carbonyl (C=O) groups is 2. The molecule has 0 aliphatic rings. The number of rotatable bonds is 5. The molecule has 24 heavy (non-hydrogen) atoms. The Balaban J connectivity index is 1.99. The lowest BCUT2D eigenvalue weighted by molar-refractivity contribution is -0.119. The summed E-state index contributed by atoms with van der Waals surface area (Å²) in [5, 5.41) is 2.42. The Labute approximate surface area is 139 Å². The van der Waals surface area contributed by atoms with E-state index in [9.17, 15) is 18.0 Å². The Morgan fingerprint density at radius 1 is 1.17 bits per heavy atom. The molecule has 2 aromatic rings. The second-order valence-corrected chi connectivity index (χ2v) is 7.07. The lowest BCUT2D eigenvalue weighted by atomic mass is 10.2. The van der Waals surface area contributed by atoms with Crippen molar-refractivity contribution in [3.05, 3.63) is 53.9 Å². The van der Waals surface area contributed by atoms with Gasteiger partial charge in [-0.2, -0.15) is 0 Å². The lowest BCUT2D eigenvalue weighted by Crippen LogP contribution is -2.22. The van der Waals surface area contributed by atoms with Crippen LogP contribution < -0.4 is 5.32 Å². The van der Waals surface area contributed by atoms with Gasteiger partial charge in [-0.05, 0) is 31.2 Å². The molecule has 1 N–H and O–H groups in total. The van der Waals surface area contributed by atoms with Gasteiger partial charge in [0.15, 0.2) is 16.4 Å². The summed E-state index contributed by atoms with van der Waals surface area (Å²) in [5.41, 5.74) is 1.12. The highest BCUT2D eigenvalue weighted by molar-refractivity contribution is 7.90. The molecule has 1 amide bonds. The van der Waals surface area contributed by atoms with Crippen LogP contribution in [-0.4, -0.2) is 38.1 Å². The molecular weight excluding hydrogens is 332 g/mol. The summed E-state index contributed by atoms with van der Waals surface area (Å²) in [6.45, 7) is 1.24. The van der Waals surface area contributed by atoms with Gasteiger partial charge in [-0.25, -0.2) is 13.2 Å². The minimum Gasteiger partial charge on any atom is -0.452 e. The third-order valence-corrected chi connectivity index (χ3v) is 4.20. The molecule has 0 bridgehead atoms. The van der Waals surface area contributed by atoms with Gasteiger partial charge >= 0.3 is 5.97 Å². The summed E-state index contributed by atoms with van der Waals surface area (Å²) in [6, 6.07) is 9.18. The highest BCUT2D eigenvalue weighted by Gasteiger charge is 2.16. The van der Waals surface area contributed by atoms with Crippen LogP contribution in [0.1, 0.15) is 16.1 Å². The van der Waals surface area contributed by atoms with E-state index in [4.69, 9.17) is 4.74 Å². The molecule has 0 aliphatic carbocycles. The second-order valence-electron chi connectivity index (χ2n) is 5.08. The van der Waals surface area contributed by atoms with E-state index in [0.29, 0.717) is 0 Å². The Kier molecular flexibility index (Phi) is 5.30. The van der Waals surface area contributed by atoms with Crippen LogP contribution in [0, 0.1) is 6.92 Å². The van der Waals surface area contributed by atoms with Gasteiger partial charge in [-0.3, -0.25) is 9.78 Å². The fraction of sp³-hybridized carbons (Fsp3) is 0.188. The molecule has 2 rings (SSSR count). The summed E-state index contributed by atoms with van der Waals surface area (Å²) in [5.74, 6) is -1.33. The summed E-state index contributed by atoms with van der Waals surface area (Å²) in [4.78, 5) is 27.6. The van der Waals surface area contributed by atoms with Gasteiger partial charge in [-0.1, -0.05) is 12.1 Å². The van der Waals surface area contributed by atoms with Crippen molar-refractivity contribution in [1.82, 2.24) is 4.98 Å². The van der Waals surface area contributed by atoms with Gasteiger partial charge in [0.1, 0.15) is 0 Å². The van der Waals surface area contributed by atoms with Crippen molar-refractivity contribution >= 4 is 27.4 Å². The monoisotopic (exact) mass is 348 g/mol. The molecule has 0 radical (unpaired) electrons. The molecule has 1 heterocycles. The van der Waals surface area contributed by atoms with Crippen molar-refractivity contribution in [1.29, 1.82) is 0 Å². The quantitative estimate of drug-likeness (QED) is 0.823. The van der Waals surface area contributed by atoms with Crippen molar-refractivity contribution < 1.29 is 22.7 Å². The molecule has 0 fully saturated rings. The number of hydrogen-bond acceptors (Lipinski definition) is 6. The predicted molar refractivity (Wildman–Crippen MR) is 87.4 cm³/mol. The number of para-hydroxylation sites is 1. The Morgan fingerprint density at radius 2 is 1.88 bits per heavy atom. The third-order valence-electron chi connectivity index (χ3n) is 3.04. The van der Waals surface area contributed by atoms with E-state index >= 15 is 0 Å². The fourth-order valence-electron chi connectivity index (χ4n) is 1.88. The number of anilines is 1. The van der Waals surface area contributed by atoms with Crippen LogP contribution in [0.4, 0.5) is 5.69 Å². The molecule has 0 unspecified atom stereocenters. The number of hydrogen-bond donors (Lipinski definition) is 1. The molecule has 0 aliphatic heterocycles. The highest BCUT2D eigenvalue weighted by atomic mass is 32.2. The van der Waals surface area contributed by atoms with Crippen LogP contribution in [-0.2, 0) is 19.4 Å². The molecule has 0 saturated heterocycles. The van der Waals surface area contributed by atoms with Gasteiger partial charge in [0, 0.05) is 18.1 Å². The number of benzene rings is 1. The molecular formula is C16H16N2O5S. The first-order valence-electron chi connectivity index (χ1n) is 6.96. The van der Waals surface area contributed by atoms with E-state index in [1.54, 1.807) is 31.2 Å². The number of amides is 1. The molecule has 8 heteroatoms. The number of pyridine rings is 1. The number of esters is 1. The fourth-order valence-corrected chi connectivity index (χ4v) is 2.73. The average Bonchev–Trinajstić information content (AvgIpc) is 2.53. The maximum Gasteiger partial charge on any atom is 0.340 e. The smallest absolute Gasteiger partial charge is 0.340 e. The normalized spacial score (nSPS) is 10.9. The molecule has 7 nitrogen and oxygen atoms in total. The number of nitrogens with one attached hydrogen (secondary N) is 1. The van der Waals surface area contributed by atoms with Crippen LogP contribution in [0.15, 0.2) is 47.5 Å². The Bertz CT molecular complexity index is 860. The van der Waals surface area contributed by atoms with E-state index in [1.807, 2.05) is 0 Å². The first kappa shape index (κ1) is 17.6. The zero-order chi connectivity index (χ0) is 17.7. The SMILES string of the molecule is Cc1ccc(C(=O)OCC(=O)Nc2ccccc2S(C)(=O)=O)cn1. The maximum atomic E-state index is 11.9. The van der Waals surface area contributed by atoms with Gasteiger partial charge < -0.3 is 10.1 Å². The number of aromatic nitrogens is 1. The van der Waals surface area contributed by atoms with Crippen LogP contribution >= 0.6 is 0 Å². The van der Waals surface area contributed by atoms with Crippen LogP contribution in [0.5, 0.6) is 0 Å². The highest BCUT2D eigenvalue weighted by Crippen LogP contribution is 2.20. The molecule has 1 aromatic carbocycles. The van der Waals surface area contributed by atoms with Crippen LogP contribution in [0.25, 0.3) is 0 Å². The first-order valence-corrected chi connectivity index (χ1v) is 8.85. The summed E-state index contributed by atoms with van der Waals surface area (Å²) in [7, 11) is -3.49. The van der Waals surface area contributed by atoms with E-state index in [0.717, 1.165) is 11.9 Å². The number of sulfone groups is 1. The van der Waals surface area contributed by atoms with Crippen molar-refractivity contribution in [3.8, 4) is 0 Å². The Morgan fingerprint density at radius 3 is 2.50 bits per heavy atom. The zero-order valence-corrected chi connectivity index (χ0v) is 14.0. The van der Waals surface area contributed by atoms with Gasteiger partial charge in [-0.15, -0.1) is 0 Å². The van der Waals surface area contributed by atoms with Crippen LogP contribution in [0.2, 0.25) is 0 Å². The minimum atomic E-state index is -3.49. The number of nitrogens with zero attached hydrogens (tertiary/aromatic N) is 1. The average molecular weight is 348 g/mol. The first-order chi connectivity index (χ1) is 11.3. The Hall–Kier alpha value is -2.74. The predicted octanol–water partition coefficient (Wildman–Crippen LogP) is 1.59. The van der Waals surface area contributed by atoms with Crippen molar-refractivity contribution in [2.45, 2.75) is 11.8 Å². The largest absolute Gasteiger partial charge is 0.452 e. The molecule has 1 aromatic heterocycles. The number of carbonyl (C=O) groups excluding carboxylic acids is 2. The van der Waals surface area contributed by atoms with E-state index < -0.39 is 28.3 Å². The van der Waals surface area contributed by atoms with Gasteiger partial charge in [0.25, 0.3) is 5.91 Å². The topological polar surface area (TPSA) is 102 Å². The maximum absolute atomic E-state index is 11.9. The van der Waals surface area contributed by atoms with E-state index in [2.05, 4.69) is 10.3 Å². The molecule has 0 spiro atoms. The minimum absolute atomic E-state index is 0.00703. The molecule has 126 valence electrons. The second kappa shape index (κ2) is 7.22. The summed E-state index contributed by atoms with van der Waals surface area (Å²) in [6.07, 6.45) is 2.40. The number of aryl methyl sites for hydroxylation is 1. The van der Waals surface area contributed by atoms with Crippen LogP contribution in [0.3, 0.4) is 0 Å². The summed E-state index contributed by atoms with van der Waals surface area (Å²) < 4.78 is 28.2. The van der Waals surface area contributed by atoms with Crippen molar-refractivity contribution in [2.75, 3.05) is 18.2 Å². The zero-order valence-electron chi connectivity index (χ0n) is 13.1. The summed E-state index contributed by atoms with van der Waals surface area (Å²) >= 11 is 0. The lowest BCUT2D eigenvalue weighted by Gasteiger charge is -2.10. The van der Waals surface area contributed by atoms with E-state index in [-0.39, 0.29) is 16.1 Å². The van der Waals surface area contributed by atoms with E-state index in [1.165, 1.54) is 18.3 Å². The van der Waals surface area contributed by atoms with Crippen molar-refractivity contribution in [3.63, 3.8) is 0 Å². The van der Waals surface area contributed by atoms with Crippen molar-refractivity contribution in [2.24, 2.45) is 0 Å². The standard InChI is InChI=1S/C16H16N2O5S/c1-11-7-8-12(9-17-11)16(20)23-10-15(19)18-13-5-3-4-6-14(13)24(2,21)22/h3-9H,10H2,1-2H3,(H,18,19). The molecule has 0 saturated carbocycles. The number of ether oxygens (including phenoxy) is 1. The molecule has 0 atom stereocenters. The van der Waals surface area contributed by atoms with Gasteiger partial charge in [0.05, 0.1) is 16.1 Å².